The van der Waals surface area contributed by atoms with Gasteiger partial charge in [0.2, 0.25) is 0 Å². The van der Waals surface area contributed by atoms with Gasteiger partial charge in [-0.1, -0.05) is 18.2 Å². The summed E-state index contributed by atoms with van der Waals surface area (Å²) in [5, 5.41) is 0. The predicted molar refractivity (Wildman–Crippen MR) is 64.7 cm³/mol. The Bertz CT molecular complexity index is 467. The van der Waals surface area contributed by atoms with Crippen molar-refractivity contribution in [1.82, 2.24) is 0 Å². The minimum absolute atomic E-state index is 0.117. The lowest BCUT2D eigenvalue weighted by Gasteiger charge is -2.06. The van der Waals surface area contributed by atoms with Gasteiger partial charge in [-0.3, -0.25) is 4.79 Å². The number of hydrogen-bond donors (Lipinski definition) is 2. The summed E-state index contributed by atoms with van der Waals surface area (Å²) in [5.74, 6) is 0.425. The highest BCUT2D eigenvalue weighted by atomic mass is 16.5. The maximum absolute atomic E-state index is 11.6. The van der Waals surface area contributed by atoms with Crippen LogP contribution in [0.4, 0.5) is 0 Å². The molecule has 0 aromatic heterocycles. The number of rotatable bonds is 3. The van der Waals surface area contributed by atoms with E-state index in [0.717, 1.165) is 17.7 Å². The Balaban J connectivity index is 2.13. The number of amides is 1. The first-order valence-electron chi connectivity index (χ1n) is 5.40. The Labute approximate surface area is 99.5 Å². The van der Waals surface area contributed by atoms with Gasteiger partial charge in [0.1, 0.15) is 5.75 Å². The first kappa shape index (κ1) is 11.4. The van der Waals surface area contributed by atoms with Gasteiger partial charge in [-0.05, 0) is 24.0 Å². The first-order chi connectivity index (χ1) is 8.13. The van der Waals surface area contributed by atoms with Gasteiger partial charge < -0.3 is 16.2 Å². The molecule has 1 saturated carbocycles. The van der Waals surface area contributed by atoms with Gasteiger partial charge in [0.15, 0.2) is 5.96 Å². The van der Waals surface area contributed by atoms with Gasteiger partial charge in [0.25, 0.3) is 5.91 Å². The van der Waals surface area contributed by atoms with Crippen molar-refractivity contribution in [3.63, 3.8) is 0 Å². The highest BCUT2D eigenvalue weighted by Crippen LogP contribution is 2.50. The number of carbonyl (C=O) groups excluding carboxylic acids is 1. The molecule has 0 saturated heterocycles. The van der Waals surface area contributed by atoms with Crippen LogP contribution in [-0.2, 0) is 4.79 Å². The van der Waals surface area contributed by atoms with E-state index in [0.29, 0.717) is 0 Å². The fourth-order valence-corrected chi connectivity index (χ4v) is 1.99. The van der Waals surface area contributed by atoms with Gasteiger partial charge in [0.05, 0.1) is 7.11 Å². The van der Waals surface area contributed by atoms with E-state index >= 15 is 0 Å². The summed E-state index contributed by atoms with van der Waals surface area (Å²) in [5.41, 5.74) is 11.4. The molecule has 2 atom stereocenters. The summed E-state index contributed by atoms with van der Waals surface area (Å²) in [7, 11) is 1.62. The minimum Gasteiger partial charge on any atom is -0.496 e. The molecular weight excluding hydrogens is 218 g/mol. The Morgan fingerprint density at radius 2 is 2.12 bits per heavy atom. The second-order valence-corrected chi connectivity index (χ2v) is 4.07. The number of nitrogens with two attached hydrogens (primary N) is 2. The number of aliphatic imine (C=N–C) groups is 1. The summed E-state index contributed by atoms with van der Waals surface area (Å²) in [4.78, 5) is 15.2. The smallest absolute Gasteiger partial charge is 0.252 e. The van der Waals surface area contributed by atoms with Gasteiger partial charge >= 0.3 is 0 Å². The van der Waals surface area contributed by atoms with E-state index in [1.54, 1.807) is 7.11 Å². The van der Waals surface area contributed by atoms with Gasteiger partial charge in [0, 0.05) is 5.92 Å². The Morgan fingerprint density at radius 1 is 1.41 bits per heavy atom. The largest absolute Gasteiger partial charge is 0.496 e. The molecule has 1 fully saturated rings. The molecule has 1 amide bonds. The molecule has 1 aliphatic rings. The van der Waals surface area contributed by atoms with Gasteiger partial charge in [-0.2, -0.15) is 4.99 Å². The first-order valence-corrected chi connectivity index (χ1v) is 5.40. The van der Waals surface area contributed by atoms with Crippen molar-refractivity contribution in [2.45, 2.75) is 12.3 Å². The Morgan fingerprint density at radius 3 is 2.76 bits per heavy atom. The molecule has 90 valence electrons. The van der Waals surface area contributed by atoms with Crippen molar-refractivity contribution in [3.05, 3.63) is 29.8 Å². The lowest BCUT2D eigenvalue weighted by Crippen LogP contribution is -2.24. The standard InChI is InChI=1S/C12H15N3O2/c1-17-10-5-3-2-4-7(10)8-6-9(8)11(16)15-12(13)14/h2-5,8-9H,6H2,1H3,(H4,13,14,15,16). The number of carbonyl (C=O) groups is 1. The summed E-state index contributed by atoms with van der Waals surface area (Å²) in [6.45, 7) is 0. The minimum atomic E-state index is -0.249. The maximum Gasteiger partial charge on any atom is 0.252 e. The van der Waals surface area contributed by atoms with Crippen molar-refractivity contribution in [2.75, 3.05) is 7.11 Å². The third kappa shape index (κ3) is 2.38. The number of benzene rings is 1. The molecule has 1 aromatic carbocycles. The average Bonchev–Trinajstić information content (AvgIpc) is 3.08. The normalized spacial score (nSPS) is 21.7. The van der Waals surface area contributed by atoms with Crippen molar-refractivity contribution in [1.29, 1.82) is 0 Å². The molecule has 17 heavy (non-hydrogen) atoms. The topological polar surface area (TPSA) is 90.7 Å². The number of nitrogens with zero attached hydrogens (tertiary/aromatic N) is 1. The fraction of sp³-hybridized carbons (Fsp3) is 0.333. The summed E-state index contributed by atoms with van der Waals surface area (Å²) in [6.07, 6.45) is 0.774. The number of guanidine groups is 1. The lowest BCUT2D eigenvalue weighted by atomic mass is 10.1. The van der Waals surface area contributed by atoms with E-state index in [9.17, 15) is 4.79 Å². The van der Waals surface area contributed by atoms with Crippen molar-refractivity contribution in [3.8, 4) is 5.75 Å². The molecule has 4 N–H and O–H groups in total. The van der Waals surface area contributed by atoms with Gasteiger partial charge in [-0.15, -0.1) is 0 Å². The van der Waals surface area contributed by atoms with E-state index in [1.165, 1.54) is 0 Å². The molecule has 0 aliphatic heterocycles. The molecule has 0 radical (unpaired) electrons. The molecule has 5 nitrogen and oxygen atoms in total. The molecule has 1 aliphatic carbocycles. The third-order valence-electron chi connectivity index (χ3n) is 2.89. The van der Waals surface area contributed by atoms with Crippen LogP contribution in [0.25, 0.3) is 0 Å². The molecule has 0 heterocycles. The number of para-hydroxylation sites is 1. The highest BCUT2D eigenvalue weighted by Gasteiger charge is 2.45. The predicted octanol–water partition coefficient (Wildman–Crippen LogP) is 0.599. The summed E-state index contributed by atoms with van der Waals surface area (Å²) in [6, 6.07) is 7.68. The number of ether oxygens (including phenoxy) is 1. The van der Waals surface area contributed by atoms with Crippen molar-refractivity contribution < 1.29 is 9.53 Å². The van der Waals surface area contributed by atoms with E-state index in [2.05, 4.69) is 4.99 Å². The van der Waals surface area contributed by atoms with Crippen LogP contribution >= 0.6 is 0 Å². The molecule has 2 rings (SSSR count). The van der Waals surface area contributed by atoms with E-state index in [4.69, 9.17) is 16.2 Å². The van der Waals surface area contributed by atoms with E-state index in [1.807, 2.05) is 24.3 Å². The average molecular weight is 233 g/mol. The highest BCUT2D eigenvalue weighted by molar-refractivity contribution is 5.94. The van der Waals surface area contributed by atoms with Crippen LogP contribution in [0.3, 0.4) is 0 Å². The van der Waals surface area contributed by atoms with Crippen LogP contribution in [0.1, 0.15) is 17.9 Å². The Hall–Kier alpha value is -2.04. The van der Waals surface area contributed by atoms with Crippen LogP contribution in [-0.4, -0.2) is 19.0 Å². The molecule has 0 spiro atoms. The third-order valence-corrected chi connectivity index (χ3v) is 2.89. The maximum atomic E-state index is 11.6. The summed E-state index contributed by atoms with van der Waals surface area (Å²) >= 11 is 0. The monoisotopic (exact) mass is 233 g/mol. The molecular formula is C12H15N3O2. The quantitative estimate of drug-likeness (QED) is 0.590. The number of hydrogen-bond acceptors (Lipinski definition) is 2. The van der Waals surface area contributed by atoms with Gasteiger partial charge in [-0.25, -0.2) is 0 Å². The van der Waals surface area contributed by atoms with Crippen LogP contribution in [0.2, 0.25) is 0 Å². The van der Waals surface area contributed by atoms with Crippen LogP contribution in [0.15, 0.2) is 29.3 Å². The van der Waals surface area contributed by atoms with Crippen molar-refractivity contribution in [2.24, 2.45) is 22.4 Å². The fourth-order valence-electron chi connectivity index (χ4n) is 1.99. The van der Waals surface area contributed by atoms with E-state index in [-0.39, 0.29) is 23.7 Å². The SMILES string of the molecule is COc1ccccc1C1CC1C(=O)N=C(N)N. The summed E-state index contributed by atoms with van der Waals surface area (Å²) < 4.78 is 5.26. The molecule has 2 unspecified atom stereocenters. The zero-order chi connectivity index (χ0) is 12.4. The van der Waals surface area contributed by atoms with Crippen LogP contribution < -0.4 is 16.2 Å². The van der Waals surface area contributed by atoms with Crippen LogP contribution in [0.5, 0.6) is 5.75 Å². The lowest BCUT2D eigenvalue weighted by molar-refractivity contribution is -0.119. The van der Waals surface area contributed by atoms with Crippen molar-refractivity contribution >= 4 is 11.9 Å². The van der Waals surface area contributed by atoms with Crippen LogP contribution in [0, 0.1) is 5.92 Å². The Kier molecular flexibility index (Phi) is 2.99. The molecule has 5 heteroatoms. The molecule has 0 bridgehead atoms. The van der Waals surface area contributed by atoms with E-state index < -0.39 is 0 Å². The second-order valence-electron chi connectivity index (χ2n) is 4.07. The zero-order valence-corrected chi connectivity index (χ0v) is 9.59. The molecule has 1 aromatic rings. The second kappa shape index (κ2) is 4.45. The zero-order valence-electron chi connectivity index (χ0n) is 9.59. The number of methoxy groups -OCH3 is 1.